The summed E-state index contributed by atoms with van der Waals surface area (Å²) in [6.07, 6.45) is 0.430. The van der Waals surface area contributed by atoms with Crippen LogP contribution in [0, 0.1) is 0 Å². The molecule has 166 valence electrons. The van der Waals surface area contributed by atoms with Gasteiger partial charge in [0.1, 0.15) is 17.3 Å². The average molecular weight is 448 g/mol. The lowest BCUT2D eigenvalue weighted by molar-refractivity contribution is -0.244. The fourth-order valence-electron chi connectivity index (χ4n) is 4.17. The zero-order chi connectivity index (χ0) is 22.0. The number of nitrogens with one attached hydrogen (secondary N) is 1. The fraction of sp³-hybridized carbons (Fsp3) is 0.409. The van der Waals surface area contributed by atoms with Crippen molar-refractivity contribution in [2.75, 3.05) is 13.2 Å². The first kappa shape index (κ1) is 21.9. The summed E-state index contributed by atoms with van der Waals surface area (Å²) in [5.74, 6) is -0.429. The predicted octanol–water partition coefficient (Wildman–Crippen LogP) is 3.20. The number of hydrogen-bond donors (Lipinski definition) is 2. The maximum absolute atomic E-state index is 13.8. The van der Waals surface area contributed by atoms with E-state index in [9.17, 15) is 18.4 Å². The van der Waals surface area contributed by atoms with Gasteiger partial charge >= 0.3 is 0 Å². The van der Waals surface area contributed by atoms with E-state index >= 15 is 0 Å². The van der Waals surface area contributed by atoms with Gasteiger partial charge in [-0.15, -0.1) is 5.48 Å². The topological polar surface area (TPSA) is 111 Å². The Balaban J connectivity index is 1.63. The van der Waals surface area contributed by atoms with Crippen LogP contribution in [0.3, 0.4) is 0 Å². The number of carbonyl (C=O) groups excluding carboxylic acids is 1. The molecule has 0 unspecified atom stereocenters. The summed E-state index contributed by atoms with van der Waals surface area (Å²) in [7, 11) is -3.89. The van der Waals surface area contributed by atoms with Crippen molar-refractivity contribution in [3.8, 4) is 11.5 Å². The van der Waals surface area contributed by atoms with Crippen LogP contribution in [0.2, 0.25) is 0 Å². The van der Waals surface area contributed by atoms with E-state index in [0.717, 1.165) is 0 Å². The van der Waals surface area contributed by atoms with Gasteiger partial charge in [-0.05, 0) is 49.2 Å². The third kappa shape index (κ3) is 4.37. The predicted molar refractivity (Wildman–Crippen MR) is 111 cm³/mol. The van der Waals surface area contributed by atoms with E-state index in [1.165, 1.54) is 12.1 Å². The van der Waals surface area contributed by atoms with E-state index in [2.05, 4.69) is 0 Å². The summed E-state index contributed by atoms with van der Waals surface area (Å²) in [6, 6.07) is 15.4. The van der Waals surface area contributed by atoms with Crippen molar-refractivity contribution in [1.29, 1.82) is 0 Å². The Kier molecular flexibility index (Phi) is 6.14. The van der Waals surface area contributed by atoms with Gasteiger partial charge in [0.2, 0.25) is 0 Å². The first-order chi connectivity index (χ1) is 14.9. The molecule has 0 bridgehead atoms. The number of carbonyl (C=O) groups is 1. The molecule has 1 aliphatic heterocycles. The van der Waals surface area contributed by atoms with Gasteiger partial charge in [0.15, 0.2) is 9.84 Å². The molecule has 2 aromatic rings. The van der Waals surface area contributed by atoms with Crippen LogP contribution in [0.4, 0.5) is 0 Å². The Morgan fingerprint density at radius 1 is 0.935 bits per heavy atom. The van der Waals surface area contributed by atoms with Crippen LogP contribution >= 0.6 is 0 Å². The Morgan fingerprint density at radius 3 is 2.10 bits per heavy atom. The van der Waals surface area contributed by atoms with Crippen LogP contribution in [-0.2, 0) is 24.1 Å². The second kappa shape index (κ2) is 8.68. The SMILES string of the molecule is O=C1CCC(CC2(NO)OCCO2)(S(=O)(=O)c2ccc(Oc3ccccc3)cc2)CC1. The summed E-state index contributed by atoms with van der Waals surface area (Å²) in [5, 5.41) is 9.65. The minimum absolute atomic E-state index is 0.0247. The summed E-state index contributed by atoms with van der Waals surface area (Å²) in [6.45, 7) is 0.461. The number of hydrogen-bond acceptors (Lipinski definition) is 8. The van der Waals surface area contributed by atoms with E-state index in [4.69, 9.17) is 14.2 Å². The second-order valence-corrected chi connectivity index (χ2v) is 10.2. The largest absolute Gasteiger partial charge is 0.457 e. The van der Waals surface area contributed by atoms with Crippen molar-refractivity contribution in [2.24, 2.45) is 0 Å². The lowest BCUT2D eigenvalue weighted by Gasteiger charge is -2.41. The normalized spacial score (nSPS) is 20.5. The van der Waals surface area contributed by atoms with Gasteiger partial charge < -0.3 is 19.4 Å². The molecule has 9 heteroatoms. The van der Waals surface area contributed by atoms with Gasteiger partial charge in [-0.2, -0.15) is 0 Å². The number of rotatable bonds is 7. The monoisotopic (exact) mass is 447 g/mol. The van der Waals surface area contributed by atoms with Crippen LogP contribution < -0.4 is 10.2 Å². The lowest BCUT2D eigenvalue weighted by atomic mass is 9.84. The summed E-state index contributed by atoms with van der Waals surface area (Å²) >= 11 is 0. The highest BCUT2D eigenvalue weighted by atomic mass is 32.2. The number of ketones is 1. The minimum Gasteiger partial charge on any atom is -0.457 e. The quantitative estimate of drug-likeness (QED) is 0.623. The van der Waals surface area contributed by atoms with Crippen molar-refractivity contribution in [2.45, 2.75) is 47.7 Å². The molecule has 2 aromatic carbocycles. The van der Waals surface area contributed by atoms with E-state index in [0.29, 0.717) is 11.5 Å². The maximum atomic E-state index is 13.8. The van der Waals surface area contributed by atoms with Gasteiger partial charge in [-0.1, -0.05) is 18.2 Å². The van der Waals surface area contributed by atoms with E-state index in [1.54, 1.807) is 12.1 Å². The minimum atomic E-state index is -3.89. The maximum Gasteiger partial charge on any atom is 0.251 e. The Bertz CT molecular complexity index is 1010. The molecule has 2 N–H and O–H groups in total. The highest BCUT2D eigenvalue weighted by molar-refractivity contribution is 7.92. The van der Waals surface area contributed by atoms with Gasteiger partial charge in [0, 0.05) is 19.3 Å². The smallest absolute Gasteiger partial charge is 0.251 e. The molecule has 31 heavy (non-hydrogen) atoms. The molecule has 8 nitrogen and oxygen atoms in total. The summed E-state index contributed by atoms with van der Waals surface area (Å²) < 4.78 is 43.0. The first-order valence-corrected chi connectivity index (χ1v) is 11.6. The third-order valence-corrected chi connectivity index (χ3v) is 8.47. The molecule has 1 aliphatic carbocycles. The molecule has 0 spiro atoms. The van der Waals surface area contributed by atoms with Crippen molar-refractivity contribution in [3.05, 3.63) is 54.6 Å². The van der Waals surface area contributed by atoms with E-state index in [1.807, 2.05) is 35.8 Å². The molecule has 2 aliphatic rings. The molecule has 1 saturated heterocycles. The lowest BCUT2D eigenvalue weighted by Crippen LogP contribution is -2.55. The van der Waals surface area contributed by atoms with Crippen molar-refractivity contribution in [1.82, 2.24) is 5.48 Å². The van der Waals surface area contributed by atoms with Crippen molar-refractivity contribution in [3.63, 3.8) is 0 Å². The van der Waals surface area contributed by atoms with Crippen LogP contribution in [0.5, 0.6) is 11.5 Å². The van der Waals surface area contributed by atoms with Gasteiger partial charge in [0.25, 0.3) is 5.91 Å². The van der Waals surface area contributed by atoms with Crippen LogP contribution in [-0.4, -0.2) is 43.3 Å². The molecule has 0 amide bonds. The van der Waals surface area contributed by atoms with Gasteiger partial charge in [-0.3, -0.25) is 4.79 Å². The van der Waals surface area contributed by atoms with E-state index in [-0.39, 0.29) is 56.0 Å². The molecule has 1 heterocycles. The highest BCUT2D eigenvalue weighted by Crippen LogP contribution is 2.45. The zero-order valence-electron chi connectivity index (χ0n) is 17.0. The van der Waals surface area contributed by atoms with Crippen LogP contribution in [0.1, 0.15) is 32.1 Å². The molecular formula is C22H25NO7S. The zero-order valence-corrected chi connectivity index (χ0v) is 17.8. The molecule has 0 radical (unpaired) electrons. The van der Waals surface area contributed by atoms with E-state index < -0.39 is 20.5 Å². The molecule has 2 fully saturated rings. The molecule has 4 rings (SSSR count). The van der Waals surface area contributed by atoms with Gasteiger partial charge in [0.05, 0.1) is 22.9 Å². The first-order valence-electron chi connectivity index (χ1n) is 10.2. The number of Topliss-reactive ketones (excluding diaryl/α,β-unsaturated/α-hetero) is 1. The second-order valence-electron chi connectivity index (χ2n) is 7.85. The summed E-state index contributed by atoms with van der Waals surface area (Å²) in [5.41, 5.74) is 2.01. The Hall–Kier alpha value is -2.30. The highest BCUT2D eigenvalue weighted by Gasteiger charge is 2.54. The van der Waals surface area contributed by atoms with Crippen LogP contribution in [0.15, 0.2) is 59.5 Å². The van der Waals surface area contributed by atoms with Crippen LogP contribution in [0.25, 0.3) is 0 Å². The Morgan fingerprint density at radius 2 is 1.52 bits per heavy atom. The standard InChI is InChI=1S/C22H25NO7S/c24-17-10-12-21(13-11-17,16-22(23-25)28-14-15-29-22)31(26,27)20-8-6-19(7-9-20)30-18-4-2-1-3-5-18/h1-9,23,25H,10-16H2. The Labute approximate surface area is 181 Å². The summed E-state index contributed by atoms with van der Waals surface area (Å²) in [4.78, 5) is 12.0. The number of para-hydroxylation sites is 1. The van der Waals surface area contributed by atoms with Gasteiger partial charge in [-0.25, -0.2) is 8.42 Å². The average Bonchev–Trinajstić information content (AvgIpc) is 3.25. The number of hydroxylamine groups is 1. The molecule has 0 atom stereocenters. The molecule has 0 aromatic heterocycles. The van der Waals surface area contributed by atoms with Crippen molar-refractivity contribution < 1.29 is 32.6 Å². The number of sulfone groups is 1. The molecule has 1 saturated carbocycles. The number of ether oxygens (including phenoxy) is 3. The molecular weight excluding hydrogens is 422 g/mol. The number of benzene rings is 2. The fourth-order valence-corrected chi connectivity index (χ4v) is 6.29. The van der Waals surface area contributed by atoms with Crippen molar-refractivity contribution >= 4 is 15.6 Å². The third-order valence-electron chi connectivity index (χ3n) is 5.88.